The van der Waals surface area contributed by atoms with Crippen LogP contribution in [0.15, 0.2) is 59.1 Å². The van der Waals surface area contributed by atoms with Crippen molar-refractivity contribution in [3.8, 4) is 0 Å². The molecule has 0 radical (unpaired) electrons. The van der Waals surface area contributed by atoms with Crippen molar-refractivity contribution in [2.75, 3.05) is 5.32 Å². The summed E-state index contributed by atoms with van der Waals surface area (Å²) in [5.41, 5.74) is 1.84. The third-order valence-electron chi connectivity index (χ3n) is 2.38. The maximum Gasteiger partial charge on any atom is 0.175 e. The highest BCUT2D eigenvalue weighted by Crippen LogP contribution is 2.16. The fourth-order valence-electron chi connectivity index (χ4n) is 1.50. The number of halogens is 1. The number of hydrogen-bond acceptors (Lipinski definition) is 2. The smallest absolute Gasteiger partial charge is 0.175 e. The summed E-state index contributed by atoms with van der Waals surface area (Å²) >= 11 is 14.0. The van der Waals surface area contributed by atoms with Crippen LogP contribution in [0.5, 0.6) is 0 Å². The van der Waals surface area contributed by atoms with Crippen LogP contribution >= 0.6 is 40.4 Å². The molecule has 2 rings (SSSR count). The molecule has 0 spiro atoms. The Morgan fingerprint density at radius 3 is 2.21 bits per heavy atom. The highest BCUT2D eigenvalue weighted by atomic mass is 79.9. The first kappa shape index (κ1) is 14.1. The van der Waals surface area contributed by atoms with E-state index in [1.807, 2.05) is 54.6 Å². The summed E-state index contributed by atoms with van der Waals surface area (Å²) in [6.07, 6.45) is 0. The van der Waals surface area contributed by atoms with E-state index in [0.717, 1.165) is 15.7 Å². The lowest BCUT2D eigenvalue weighted by Gasteiger charge is -2.12. The standard InChI is InChI=1S/C14H11BrN2S2/c15-12-9-5-4-8-11(12)13(18)17-14(19)16-10-6-2-1-3-7-10/h1-9H,(H2,16,17,18,19). The summed E-state index contributed by atoms with van der Waals surface area (Å²) < 4.78 is 0.940. The van der Waals surface area contributed by atoms with E-state index in [9.17, 15) is 0 Å². The molecular formula is C14H11BrN2S2. The van der Waals surface area contributed by atoms with E-state index in [-0.39, 0.29) is 0 Å². The summed E-state index contributed by atoms with van der Waals surface area (Å²) in [6.45, 7) is 0. The fourth-order valence-corrected chi connectivity index (χ4v) is 2.68. The van der Waals surface area contributed by atoms with Gasteiger partial charge in [-0.15, -0.1) is 0 Å². The molecule has 0 saturated heterocycles. The molecule has 0 aliphatic carbocycles. The predicted octanol–water partition coefficient (Wildman–Crippen LogP) is 4.11. The topological polar surface area (TPSA) is 24.1 Å². The van der Waals surface area contributed by atoms with Crippen molar-refractivity contribution in [1.29, 1.82) is 0 Å². The fraction of sp³-hybridized carbons (Fsp3) is 0. The Morgan fingerprint density at radius 2 is 1.53 bits per heavy atom. The maximum absolute atomic E-state index is 5.33. The van der Waals surface area contributed by atoms with Crippen molar-refractivity contribution in [3.63, 3.8) is 0 Å². The van der Waals surface area contributed by atoms with E-state index in [1.54, 1.807) is 0 Å². The summed E-state index contributed by atoms with van der Waals surface area (Å²) in [6, 6.07) is 17.5. The molecule has 2 nitrogen and oxygen atoms in total. The third-order valence-corrected chi connectivity index (χ3v) is 3.59. The number of para-hydroxylation sites is 1. The van der Waals surface area contributed by atoms with Crippen LogP contribution in [0.3, 0.4) is 0 Å². The molecule has 2 N–H and O–H groups in total. The molecule has 0 unspecified atom stereocenters. The first-order valence-corrected chi connectivity index (χ1v) is 7.19. The molecule has 0 atom stereocenters. The third kappa shape index (κ3) is 4.09. The Kier molecular flexibility index (Phi) is 5.01. The van der Waals surface area contributed by atoms with Crippen LogP contribution in [0.1, 0.15) is 5.56 Å². The van der Waals surface area contributed by atoms with Gasteiger partial charge in [-0.1, -0.05) is 64.5 Å². The van der Waals surface area contributed by atoms with Crippen LogP contribution in [0, 0.1) is 0 Å². The Hall–Kier alpha value is -1.30. The summed E-state index contributed by atoms with van der Waals surface area (Å²) in [5.74, 6) is 0. The number of thiocarbonyl (C=S) groups is 2. The number of benzene rings is 2. The minimum absolute atomic E-state index is 0.479. The van der Waals surface area contributed by atoms with Crippen LogP contribution in [-0.2, 0) is 0 Å². The molecule has 0 amide bonds. The molecule has 2 aromatic rings. The summed E-state index contributed by atoms with van der Waals surface area (Å²) in [7, 11) is 0. The van der Waals surface area contributed by atoms with E-state index in [4.69, 9.17) is 24.4 Å². The lowest BCUT2D eigenvalue weighted by atomic mass is 10.2. The van der Waals surface area contributed by atoms with Crippen LogP contribution < -0.4 is 10.6 Å². The van der Waals surface area contributed by atoms with Crippen molar-refractivity contribution in [2.45, 2.75) is 0 Å². The van der Waals surface area contributed by atoms with Crippen molar-refractivity contribution < 1.29 is 0 Å². The van der Waals surface area contributed by atoms with E-state index in [0.29, 0.717) is 10.1 Å². The summed E-state index contributed by atoms with van der Waals surface area (Å²) in [5, 5.41) is 6.57. The normalized spacial score (nSPS) is 9.74. The average molecular weight is 351 g/mol. The van der Waals surface area contributed by atoms with Crippen molar-refractivity contribution in [2.24, 2.45) is 0 Å². The zero-order chi connectivity index (χ0) is 13.7. The Bertz CT molecular complexity index is 599. The zero-order valence-corrected chi connectivity index (χ0v) is 13.1. The second-order valence-electron chi connectivity index (χ2n) is 3.75. The highest BCUT2D eigenvalue weighted by molar-refractivity contribution is 9.10. The minimum Gasteiger partial charge on any atom is -0.332 e. The molecule has 0 fully saturated rings. The first-order valence-electron chi connectivity index (χ1n) is 5.59. The van der Waals surface area contributed by atoms with Gasteiger partial charge < -0.3 is 10.6 Å². The highest BCUT2D eigenvalue weighted by Gasteiger charge is 2.06. The quantitative estimate of drug-likeness (QED) is 0.795. The lowest BCUT2D eigenvalue weighted by molar-refractivity contribution is 1.40. The molecule has 0 heterocycles. The molecule has 0 aliphatic heterocycles. The van der Waals surface area contributed by atoms with Crippen LogP contribution in [0.2, 0.25) is 0 Å². The van der Waals surface area contributed by atoms with Gasteiger partial charge >= 0.3 is 0 Å². The van der Waals surface area contributed by atoms with Crippen molar-refractivity contribution in [3.05, 3.63) is 64.6 Å². The van der Waals surface area contributed by atoms with E-state index < -0.39 is 0 Å². The number of hydrogen-bond donors (Lipinski definition) is 2. The summed E-state index contributed by atoms with van der Waals surface area (Å²) in [4.78, 5) is 0.584. The average Bonchev–Trinajstić information content (AvgIpc) is 2.40. The van der Waals surface area contributed by atoms with Crippen LogP contribution in [0.4, 0.5) is 5.69 Å². The van der Waals surface area contributed by atoms with Gasteiger partial charge in [0.15, 0.2) is 5.11 Å². The minimum atomic E-state index is 0.479. The molecule has 0 aliphatic rings. The van der Waals surface area contributed by atoms with Gasteiger partial charge in [0.2, 0.25) is 0 Å². The second kappa shape index (κ2) is 6.75. The van der Waals surface area contributed by atoms with Gasteiger partial charge in [0, 0.05) is 15.7 Å². The van der Waals surface area contributed by atoms with Gasteiger partial charge in [0.1, 0.15) is 4.99 Å². The van der Waals surface area contributed by atoms with Gasteiger partial charge in [-0.25, -0.2) is 0 Å². The molecule has 2 aromatic carbocycles. The largest absolute Gasteiger partial charge is 0.332 e. The van der Waals surface area contributed by atoms with Gasteiger partial charge in [-0.2, -0.15) is 0 Å². The second-order valence-corrected chi connectivity index (χ2v) is 5.42. The lowest BCUT2D eigenvalue weighted by Crippen LogP contribution is -2.33. The van der Waals surface area contributed by atoms with E-state index in [2.05, 4.69) is 26.6 Å². The number of nitrogens with one attached hydrogen (secondary N) is 2. The zero-order valence-electron chi connectivity index (χ0n) is 9.89. The monoisotopic (exact) mass is 350 g/mol. The Morgan fingerprint density at radius 1 is 0.895 bits per heavy atom. The van der Waals surface area contributed by atoms with Gasteiger partial charge in [0.05, 0.1) is 0 Å². The van der Waals surface area contributed by atoms with Gasteiger partial charge in [-0.3, -0.25) is 0 Å². The molecule has 5 heteroatoms. The number of rotatable bonds is 2. The van der Waals surface area contributed by atoms with Crippen molar-refractivity contribution in [1.82, 2.24) is 5.32 Å². The Labute approximate surface area is 131 Å². The van der Waals surface area contributed by atoms with Crippen LogP contribution in [-0.4, -0.2) is 10.1 Å². The van der Waals surface area contributed by atoms with E-state index in [1.165, 1.54) is 0 Å². The van der Waals surface area contributed by atoms with Crippen LogP contribution in [0.25, 0.3) is 0 Å². The molecule has 0 bridgehead atoms. The van der Waals surface area contributed by atoms with E-state index >= 15 is 0 Å². The molecular weight excluding hydrogens is 340 g/mol. The maximum atomic E-state index is 5.33. The predicted molar refractivity (Wildman–Crippen MR) is 91.6 cm³/mol. The first-order chi connectivity index (χ1) is 9.16. The molecule has 0 aromatic heterocycles. The SMILES string of the molecule is S=C(NC(=S)c1ccccc1Br)Nc1ccccc1. The Balaban J connectivity index is 2.00. The molecule has 96 valence electrons. The number of anilines is 1. The van der Waals surface area contributed by atoms with Gasteiger partial charge in [0.25, 0.3) is 0 Å². The van der Waals surface area contributed by atoms with Crippen molar-refractivity contribution >= 4 is 56.2 Å². The molecule has 19 heavy (non-hydrogen) atoms. The van der Waals surface area contributed by atoms with Gasteiger partial charge in [-0.05, 0) is 30.4 Å². The molecule has 0 saturated carbocycles.